The summed E-state index contributed by atoms with van der Waals surface area (Å²) < 4.78 is 17.5. The van der Waals surface area contributed by atoms with Gasteiger partial charge >= 0.3 is 0 Å². The highest BCUT2D eigenvalue weighted by Crippen LogP contribution is 2.39. The third-order valence-electron chi connectivity index (χ3n) is 3.74. The van der Waals surface area contributed by atoms with Crippen LogP contribution in [0.15, 0.2) is 0 Å². The summed E-state index contributed by atoms with van der Waals surface area (Å²) in [5.41, 5.74) is 0. The molecule has 3 atom stereocenters. The second-order valence-electron chi connectivity index (χ2n) is 5.04. The predicted molar refractivity (Wildman–Crippen MR) is 62.3 cm³/mol. The lowest BCUT2D eigenvalue weighted by Crippen LogP contribution is -2.48. The minimum atomic E-state index is -0.277. The van der Waals surface area contributed by atoms with Gasteiger partial charge in [0.05, 0.1) is 18.8 Å². The first-order valence-electron chi connectivity index (χ1n) is 6.62. The second kappa shape index (κ2) is 5.48. The maximum Gasteiger partial charge on any atom is 0.169 e. The quantitative estimate of drug-likeness (QED) is 0.743. The number of hydrogen-bond acceptors (Lipinski definition) is 3. The monoisotopic (exact) mass is 228 g/mol. The topological polar surface area (TPSA) is 27.7 Å². The standard InChI is InChI=1S/C13H24O3/c1-3-11-6-4-8-13(15-11)9-5-7-12(16-13)10-14-2/h11-12H,3-10H2,1-2H3. The van der Waals surface area contributed by atoms with E-state index >= 15 is 0 Å². The lowest BCUT2D eigenvalue weighted by molar-refractivity contribution is -0.318. The van der Waals surface area contributed by atoms with Crippen LogP contribution in [0.5, 0.6) is 0 Å². The average molecular weight is 228 g/mol. The molecule has 0 bridgehead atoms. The van der Waals surface area contributed by atoms with E-state index in [1.165, 1.54) is 19.3 Å². The van der Waals surface area contributed by atoms with Crippen LogP contribution in [0, 0.1) is 0 Å². The predicted octanol–water partition coefficient (Wildman–Crippen LogP) is 2.88. The molecule has 0 aromatic heterocycles. The van der Waals surface area contributed by atoms with Crippen molar-refractivity contribution in [1.29, 1.82) is 0 Å². The highest BCUT2D eigenvalue weighted by atomic mass is 16.7. The molecule has 0 aliphatic carbocycles. The van der Waals surface area contributed by atoms with E-state index in [2.05, 4.69) is 6.92 Å². The van der Waals surface area contributed by atoms with Crippen LogP contribution in [0.2, 0.25) is 0 Å². The smallest absolute Gasteiger partial charge is 0.169 e. The highest BCUT2D eigenvalue weighted by molar-refractivity contribution is 4.83. The zero-order valence-electron chi connectivity index (χ0n) is 10.5. The molecular weight excluding hydrogens is 204 g/mol. The van der Waals surface area contributed by atoms with Crippen molar-refractivity contribution in [2.45, 2.75) is 69.9 Å². The Labute approximate surface area is 98.4 Å². The lowest BCUT2D eigenvalue weighted by Gasteiger charge is -2.45. The minimum absolute atomic E-state index is 0.231. The summed E-state index contributed by atoms with van der Waals surface area (Å²) in [6.07, 6.45) is 8.58. The van der Waals surface area contributed by atoms with Gasteiger partial charge in [0.2, 0.25) is 0 Å². The van der Waals surface area contributed by atoms with E-state index in [4.69, 9.17) is 14.2 Å². The van der Waals surface area contributed by atoms with Crippen molar-refractivity contribution in [3.8, 4) is 0 Å². The molecule has 2 aliphatic rings. The zero-order valence-corrected chi connectivity index (χ0v) is 10.5. The number of methoxy groups -OCH3 is 1. The van der Waals surface area contributed by atoms with Gasteiger partial charge in [-0.05, 0) is 32.1 Å². The Morgan fingerprint density at radius 1 is 1.12 bits per heavy atom. The molecule has 0 N–H and O–H groups in total. The first kappa shape index (κ1) is 12.3. The SMILES string of the molecule is CCC1CCCC2(CCCC(COC)O2)O1. The molecule has 2 aliphatic heterocycles. The highest BCUT2D eigenvalue weighted by Gasteiger charge is 2.41. The fourth-order valence-electron chi connectivity index (χ4n) is 2.90. The first-order valence-corrected chi connectivity index (χ1v) is 6.62. The molecule has 94 valence electrons. The van der Waals surface area contributed by atoms with Crippen molar-refractivity contribution in [1.82, 2.24) is 0 Å². The van der Waals surface area contributed by atoms with Crippen molar-refractivity contribution in [3.63, 3.8) is 0 Å². The molecule has 0 amide bonds. The summed E-state index contributed by atoms with van der Waals surface area (Å²) >= 11 is 0. The van der Waals surface area contributed by atoms with Crippen LogP contribution in [0.4, 0.5) is 0 Å². The van der Waals surface area contributed by atoms with Crippen molar-refractivity contribution < 1.29 is 14.2 Å². The Balaban J connectivity index is 1.94. The Kier molecular flexibility index (Phi) is 4.22. The molecule has 3 unspecified atom stereocenters. The molecule has 2 saturated heterocycles. The van der Waals surface area contributed by atoms with E-state index in [1.54, 1.807) is 7.11 Å². The van der Waals surface area contributed by atoms with Crippen LogP contribution in [0.3, 0.4) is 0 Å². The molecule has 2 fully saturated rings. The van der Waals surface area contributed by atoms with Crippen LogP contribution in [-0.4, -0.2) is 31.7 Å². The summed E-state index contributed by atoms with van der Waals surface area (Å²) in [6.45, 7) is 2.89. The van der Waals surface area contributed by atoms with Gasteiger partial charge in [-0.3, -0.25) is 0 Å². The Bertz CT molecular complexity index is 213. The molecule has 3 nitrogen and oxygen atoms in total. The van der Waals surface area contributed by atoms with Gasteiger partial charge in [0.15, 0.2) is 5.79 Å². The van der Waals surface area contributed by atoms with E-state index < -0.39 is 0 Å². The van der Waals surface area contributed by atoms with Gasteiger partial charge in [-0.1, -0.05) is 6.92 Å². The van der Waals surface area contributed by atoms with Gasteiger partial charge in [-0.25, -0.2) is 0 Å². The fraction of sp³-hybridized carbons (Fsp3) is 1.00. The number of hydrogen-bond donors (Lipinski definition) is 0. The molecule has 0 aromatic rings. The van der Waals surface area contributed by atoms with E-state index in [-0.39, 0.29) is 11.9 Å². The molecule has 0 saturated carbocycles. The summed E-state index contributed by atoms with van der Waals surface area (Å²) in [5, 5.41) is 0. The Hall–Kier alpha value is -0.120. The number of rotatable bonds is 3. The molecule has 3 heteroatoms. The molecule has 2 rings (SSSR count). The lowest BCUT2D eigenvalue weighted by atomic mass is 9.92. The van der Waals surface area contributed by atoms with Crippen LogP contribution >= 0.6 is 0 Å². The third kappa shape index (κ3) is 2.76. The van der Waals surface area contributed by atoms with Crippen LogP contribution < -0.4 is 0 Å². The van der Waals surface area contributed by atoms with E-state index in [0.29, 0.717) is 12.7 Å². The van der Waals surface area contributed by atoms with E-state index in [0.717, 1.165) is 25.7 Å². The zero-order chi connectivity index (χ0) is 11.4. The maximum absolute atomic E-state index is 6.16. The normalized spacial score (nSPS) is 40.1. The Morgan fingerprint density at radius 3 is 2.38 bits per heavy atom. The maximum atomic E-state index is 6.16. The van der Waals surface area contributed by atoms with Gasteiger partial charge in [-0.15, -0.1) is 0 Å². The van der Waals surface area contributed by atoms with E-state index in [9.17, 15) is 0 Å². The van der Waals surface area contributed by atoms with Crippen LogP contribution in [0.1, 0.15) is 51.9 Å². The van der Waals surface area contributed by atoms with Gasteiger partial charge in [0, 0.05) is 20.0 Å². The van der Waals surface area contributed by atoms with Gasteiger partial charge in [-0.2, -0.15) is 0 Å². The largest absolute Gasteiger partial charge is 0.382 e. The van der Waals surface area contributed by atoms with Crippen molar-refractivity contribution >= 4 is 0 Å². The first-order chi connectivity index (χ1) is 7.78. The Morgan fingerprint density at radius 2 is 1.75 bits per heavy atom. The average Bonchev–Trinajstić information content (AvgIpc) is 2.29. The van der Waals surface area contributed by atoms with Gasteiger partial charge in [0.25, 0.3) is 0 Å². The summed E-state index contributed by atoms with van der Waals surface area (Å²) in [6, 6.07) is 0. The summed E-state index contributed by atoms with van der Waals surface area (Å²) in [4.78, 5) is 0. The summed E-state index contributed by atoms with van der Waals surface area (Å²) in [5.74, 6) is -0.277. The number of ether oxygens (including phenoxy) is 3. The van der Waals surface area contributed by atoms with Crippen molar-refractivity contribution in [2.24, 2.45) is 0 Å². The molecule has 16 heavy (non-hydrogen) atoms. The van der Waals surface area contributed by atoms with Crippen LogP contribution in [-0.2, 0) is 14.2 Å². The van der Waals surface area contributed by atoms with E-state index in [1.807, 2.05) is 0 Å². The molecule has 1 spiro atoms. The fourth-order valence-corrected chi connectivity index (χ4v) is 2.90. The summed E-state index contributed by atoms with van der Waals surface area (Å²) in [7, 11) is 1.74. The molecule has 0 aromatic carbocycles. The molecule has 2 heterocycles. The molecule has 0 radical (unpaired) electrons. The van der Waals surface area contributed by atoms with Crippen LogP contribution in [0.25, 0.3) is 0 Å². The third-order valence-corrected chi connectivity index (χ3v) is 3.74. The molecular formula is C13H24O3. The van der Waals surface area contributed by atoms with Gasteiger partial charge in [0.1, 0.15) is 0 Å². The van der Waals surface area contributed by atoms with Crippen molar-refractivity contribution in [3.05, 3.63) is 0 Å². The van der Waals surface area contributed by atoms with Gasteiger partial charge < -0.3 is 14.2 Å². The second-order valence-corrected chi connectivity index (χ2v) is 5.04. The van der Waals surface area contributed by atoms with Crippen molar-refractivity contribution in [2.75, 3.05) is 13.7 Å². The minimum Gasteiger partial charge on any atom is -0.382 e.